The van der Waals surface area contributed by atoms with Crippen molar-refractivity contribution in [3.05, 3.63) is 64.8 Å². The number of anilines is 1. The van der Waals surface area contributed by atoms with Crippen LogP contribution in [-0.2, 0) is 17.8 Å². The number of amides is 1. The Bertz CT molecular complexity index is 992. The van der Waals surface area contributed by atoms with E-state index < -0.39 is 0 Å². The van der Waals surface area contributed by atoms with E-state index in [-0.39, 0.29) is 5.91 Å². The summed E-state index contributed by atoms with van der Waals surface area (Å²) in [5.74, 6) is 1.01. The number of pyridine rings is 1. The highest BCUT2D eigenvalue weighted by atomic mass is 32.1. The zero-order valence-corrected chi connectivity index (χ0v) is 18.3. The average Bonchev–Trinajstić information content (AvgIpc) is 3.04. The topological polar surface area (TPSA) is 58.1 Å². The van der Waals surface area contributed by atoms with Gasteiger partial charge in [0.15, 0.2) is 0 Å². The molecule has 1 fully saturated rings. The Balaban J connectivity index is 1.32. The maximum atomic E-state index is 12.4. The van der Waals surface area contributed by atoms with Crippen molar-refractivity contribution in [1.82, 2.24) is 15.3 Å². The molecular weight excluding hydrogens is 392 g/mol. The van der Waals surface area contributed by atoms with Gasteiger partial charge in [0.2, 0.25) is 5.91 Å². The van der Waals surface area contributed by atoms with E-state index in [1.165, 1.54) is 31.2 Å². The van der Waals surface area contributed by atoms with Crippen LogP contribution in [0.4, 0.5) is 5.82 Å². The summed E-state index contributed by atoms with van der Waals surface area (Å²) in [6, 6.07) is 12.4. The molecule has 0 aliphatic carbocycles. The van der Waals surface area contributed by atoms with Crippen molar-refractivity contribution in [1.29, 1.82) is 0 Å². The molecule has 3 aromatic rings. The molecule has 0 spiro atoms. The van der Waals surface area contributed by atoms with Gasteiger partial charge in [-0.05, 0) is 43.5 Å². The van der Waals surface area contributed by atoms with Gasteiger partial charge < -0.3 is 10.2 Å². The van der Waals surface area contributed by atoms with E-state index >= 15 is 0 Å². The molecule has 1 aliphatic rings. The molecule has 30 heavy (non-hydrogen) atoms. The fourth-order valence-electron chi connectivity index (χ4n) is 3.77. The minimum atomic E-state index is -0.00998. The molecule has 1 N–H and O–H groups in total. The van der Waals surface area contributed by atoms with Crippen LogP contribution < -0.4 is 10.2 Å². The molecule has 0 unspecified atom stereocenters. The first-order valence-electron chi connectivity index (χ1n) is 10.7. The Kier molecular flexibility index (Phi) is 6.74. The van der Waals surface area contributed by atoms with Crippen molar-refractivity contribution in [2.24, 2.45) is 0 Å². The van der Waals surface area contributed by atoms with Gasteiger partial charge in [-0.3, -0.25) is 4.79 Å². The third-order valence-corrected chi connectivity index (χ3v) is 6.33. The number of aromatic nitrogens is 2. The average molecular weight is 421 g/mol. The van der Waals surface area contributed by atoms with Gasteiger partial charge in [-0.15, -0.1) is 11.3 Å². The molecule has 4 rings (SSSR count). The maximum Gasteiger partial charge on any atom is 0.226 e. The summed E-state index contributed by atoms with van der Waals surface area (Å²) in [5.41, 5.74) is 4.20. The second-order valence-corrected chi connectivity index (χ2v) is 8.75. The van der Waals surface area contributed by atoms with E-state index in [0.717, 1.165) is 40.7 Å². The van der Waals surface area contributed by atoms with Crippen LogP contribution >= 0.6 is 11.3 Å². The minimum Gasteiger partial charge on any atom is -0.357 e. The van der Waals surface area contributed by atoms with Gasteiger partial charge in [0, 0.05) is 36.8 Å². The number of aryl methyl sites for hydroxylation is 1. The lowest BCUT2D eigenvalue weighted by molar-refractivity contribution is -0.120. The SMILES string of the molecule is Cc1cccc(-c2nc(CC(=O)NCc3ccnc(N4CCCCCC4)c3)cs2)c1. The molecule has 3 heterocycles. The minimum absolute atomic E-state index is 0.00998. The summed E-state index contributed by atoms with van der Waals surface area (Å²) in [7, 11) is 0. The van der Waals surface area contributed by atoms with Crippen molar-refractivity contribution >= 4 is 23.1 Å². The van der Waals surface area contributed by atoms with Crippen molar-refractivity contribution in [3.63, 3.8) is 0 Å². The number of thiazole rings is 1. The Morgan fingerprint density at radius 3 is 2.77 bits per heavy atom. The predicted octanol–water partition coefficient (Wildman–Crippen LogP) is 4.75. The number of nitrogens with one attached hydrogen (secondary N) is 1. The quantitative estimate of drug-likeness (QED) is 0.625. The van der Waals surface area contributed by atoms with Crippen LogP contribution in [0.2, 0.25) is 0 Å². The van der Waals surface area contributed by atoms with E-state index in [2.05, 4.69) is 51.4 Å². The fourth-order valence-corrected chi connectivity index (χ4v) is 4.59. The molecule has 0 bridgehead atoms. The summed E-state index contributed by atoms with van der Waals surface area (Å²) in [5, 5.41) is 5.96. The van der Waals surface area contributed by atoms with Gasteiger partial charge in [-0.2, -0.15) is 0 Å². The normalized spacial score (nSPS) is 14.4. The summed E-state index contributed by atoms with van der Waals surface area (Å²) in [6.07, 6.45) is 7.19. The lowest BCUT2D eigenvalue weighted by Crippen LogP contribution is -2.26. The first kappa shape index (κ1) is 20.5. The molecule has 1 amide bonds. The van der Waals surface area contributed by atoms with Crippen LogP contribution in [0.5, 0.6) is 0 Å². The van der Waals surface area contributed by atoms with Gasteiger partial charge in [-0.1, -0.05) is 36.6 Å². The standard InChI is InChI=1S/C24H28N4OS/c1-18-7-6-8-20(13-18)24-27-21(17-30-24)15-23(29)26-16-19-9-10-25-22(14-19)28-11-4-2-3-5-12-28/h6-10,13-14,17H,2-5,11-12,15-16H2,1H3,(H,26,29). The highest BCUT2D eigenvalue weighted by molar-refractivity contribution is 7.13. The number of rotatable bonds is 6. The van der Waals surface area contributed by atoms with E-state index in [1.54, 1.807) is 11.3 Å². The second kappa shape index (κ2) is 9.85. The predicted molar refractivity (Wildman–Crippen MR) is 123 cm³/mol. The van der Waals surface area contributed by atoms with E-state index in [4.69, 9.17) is 0 Å². The molecule has 2 aromatic heterocycles. The molecule has 156 valence electrons. The molecule has 0 saturated carbocycles. The molecule has 1 aromatic carbocycles. The Hall–Kier alpha value is -2.73. The van der Waals surface area contributed by atoms with E-state index in [9.17, 15) is 4.79 Å². The molecule has 0 atom stereocenters. The zero-order chi connectivity index (χ0) is 20.8. The Labute approximate surface area is 182 Å². The third-order valence-electron chi connectivity index (χ3n) is 5.39. The number of hydrogen-bond acceptors (Lipinski definition) is 5. The van der Waals surface area contributed by atoms with Crippen molar-refractivity contribution in [3.8, 4) is 10.6 Å². The monoisotopic (exact) mass is 420 g/mol. The van der Waals surface area contributed by atoms with Gasteiger partial charge in [-0.25, -0.2) is 9.97 Å². The number of hydrogen-bond donors (Lipinski definition) is 1. The van der Waals surface area contributed by atoms with Gasteiger partial charge in [0.1, 0.15) is 10.8 Å². The fraction of sp³-hybridized carbons (Fsp3) is 0.375. The van der Waals surface area contributed by atoms with Gasteiger partial charge >= 0.3 is 0 Å². The smallest absolute Gasteiger partial charge is 0.226 e. The van der Waals surface area contributed by atoms with Crippen LogP contribution in [0.1, 0.15) is 42.5 Å². The van der Waals surface area contributed by atoms with Gasteiger partial charge in [0.05, 0.1) is 12.1 Å². The van der Waals surface area contributed by atoms with Crippen LogP contribution in [-0.4, -0.2) is 29.0 Å². The Morgan fingerprint density at radius 1 is 1.13 bits per heavy atom. The zero-order valence-electron chi connectivity index (χ0n) is 17.4. The molecule has 1 aliphatic heterocycles. The van der Waals surface area contributed by atoms with E-state index in [1.807, 2.05) is 23.7 Å². The number of carbonyl (C=O) groups excluding carboxylic acids is 1. The van der Waals surface area contributed by atoms with Crippen molar-refractivity contribution in [2.45, 2.75) is 45.6 Å². The highest BCUT2D eigenvalue weighted by Crippen LogP contribution is 2.24. The molecule has 5 nitrogen and oxygen atoms in total. The number of carbonyl (C=O) groups is 1. The molecule has 0 radical (unpaired) electrons. The second-order valence-electron chi connectivity index (χ2n) is 7.89. The lowest BCUT2D eigenvalue weighted by atomic mass is 10.1. The summed E-state index contributed by atoms with van der Waals surface area (Å²) in [4.78, 5) is 24.0. The highest BCUT2D eigenvalue weighted by Gasteiger charge is 2.12. The lowest BCUT2D eigenvalue weighted by Gasteiger charge is -2.21. The van der Waals surface area contributed by atoms with Crippen LogP contribution in [0.25, 0.3) is 10.6 Å². The first-order valence-corrected chi connectivity index (χ1v) is 11.5. The molecular formula is C24H28N4OS. The first-order chi connectivity index (χ1) is 14.7. The van der Waals surface area contributed by atoms with Crippen LogP contribution in [0, 0.1) is 6.92 Å². The van der Waals surface area contributed by atoms with Crippen molar-refractivity contribution in [2.75, 3.05) is 18.0 Å². The van der Waals surface area contributed by atoms with E-state index in [0.29, 0.717) is 13.0 Å². The number of benzene rings is 1. The van der Waals surface area contributed by atoms with Gasteiger partial charge in [0.25, 0.3) is 0 Å². The largest absolute Gasteiger partial charge is 0.357 e. The summed E-state index contributed by atoms with van der Waals surface area (Å²) in [6.45, 7) is 4.71. The number of nitrogens with zero attached hydrogens (tertiary/aromatic N) is 3. The molecule has 6 heteroatoms. The third kappa shape index (κ3) is 5.45. The van der Waals surface area contributed by atoms with Crippen molar-refractivity contribution < 1.29 is 4.79 Å². The Morgan fingerprint density at radius 2 is 1.97 bits per heavy atom. The summed E-state index contributed by atoms with van der Waals surface area (Å²) < 4.78 is 0. The van der Waals surface area contributed by atoms with Crippen LogP contribution in [0.15, 0.2) is 48.0 Å². The summed E-state index contributed by atoms with van der Waals surface area (Å²) >= 11 is 1.58. The van der Waals surface area contributed by atoms with Crippen LogP contribution in [0.3, 0.4) is 0 Å². The molecule has 1 saturated heterocycles. The maximum absolute atomic E-state index is 12.4.